The number of amides is 1. The Bertz CT molecular complexity index is 671. The van der Waals surface area contributed by atoms with Gasteiger partial charge >= 0.3 is 0 Å². The molecule has 128 valence electrons. The van der Waals surface area contributed by atoms with Crippen molar-refractivity contribution in [2.24, 2.45) is 0 Å². The highest BCUT2D eigenvalue weighted by Gasteiger charge is 2.33. The molecule has 2 N–H and O–H groups in total. The normalized spacial score (nSPS) is 18.1. The van der Waals surface area contributed by atoms with E-state index in [1.54, 1.807) is 35.6 Å². The first-order chi connectivity index (χ1) is 11.6. The molecule has 0 spiro atoms. The molecule has 1 aliphatic rings. The smallest absolute Gasteiger partial charge is 0.251 e. The summed E-state index contributed by atoms with van der Waals surface area (Å²) in [7, 11) is 0. The molecule has 0 aliphatic carbocycles. The summed E-state index contributed by atoms with van der Waals surface area (Å²) in [4.78, 5) is 15.3. The average molecular weight is 366 g/mol. The van der Waals surface area contributed by atoms with Gasteiger partial charge < -0.3 is 15.0 Å². The van der Waals surface area contributed by atoms with Crippen LogP contribution in [0.2, 0.25) is 5.02 Å². The third kappa shape index (κ3) is 4.16. The van der Waals surface area contributed by atoms with Crippen LogP contribution in [0.3, 0.4) is 0 Å². The molecule has 1 aliphatic heterocycles. The molecule has 2 aromatic rings. The standard InChI is InChI=1S/C18H21ClN2O2S/c1-13(20-18(22)14-4-2-5-15(19)12-14)17(16-6-3-11-24-16)21-7-9-23-10-8-21/h2-6,11-13,17H,7-10H2,1H3,(H,20,22)/p+1/t13-,17-/m1/s1. The van der Waals surface area contributed by atoms with E-state index in [0.29, 0.717) is 10.6 Å². The van der Waals surface area contributed by atoms with Gasteiger partial charge in [0.05, 0.1) is 24.1 Å². The van der Waals surface area contributed by atoms with Crippen molar-refractivity contribution in [2.75, 3.05) is 26.3 Å². The maximum absolute atomic E-state index is 12.6. The first-order valence-corrected chi connectivity index (χ1v) is 9.43. The van der Waals surface area contributed by atoms with Gasteiger partial charge in [0.15, 0.2) is 0 Å². The number of hydrogen-bond acceptors (Lipinski definition) is 3. The lowest BCUT2D eigenvalue weighted by Crippen LogP contribution is -3.15. The second kappa shape index (κ2) is 8.12. The average Bonchev–Trinajstić information content (AvgIpc) is 3.10. The highest BCUT2D eigenvalue weighted by Crippen LogP contribution is 2.20. The van der Waals surface area contributed by atoms with Crippen molar-refractivity contribution in [3.05, 3.63) is 57.2 Å². The van der Waals surface area contributed by atoms with Crippen molar-refractivity contribution in [3.63, 3.8) is 0 Å². The van der Waals surface area contributed by atoms with E-state index in [4.69, 9.17) is 16.3 Å². The summed E-state index contributed by atoms with van der Waals surface area (Å²) in [6.45, 7) is 5.54. The fourth-order valence-corrected chi connectivity index (χ4v) is 4.40. The summed E-state index contributed by atoms with van der Waals surface area (Å²) in [5, 5.41) is 5.82. The van der Waals surface area contributed by atoms with Crippen LogP contribution in [0.4, 0.5) is 0 Å². The number of ether oxygens (including phenoxy) is 1. The van der Waals surface area contributed by atoms with Gasteiger partial charge in [0.1, 0.15) is 19.1 Å². The molecule has 3 rings (SSSR count). The summed E-state index contributed by atoms with van der Waals surface area (Å²) < 4.78 is 5.49. The summed E-state index contributed by atoms with van der Waals surface area (Å²) in [5.41, 5.74) is 0.594. The number of carbonyl (C=O) groups is 1. The van der Waals surface area contributed by atoms with Gasteiger partial charge in [-0.15, -0.1) is 11.3 Å². The van der Waals surface area contributed by atoms with Gasteiger partial charge in [-0.25, -0.2) is 0 Å². The van der Waals surface area contributed by atoms with Crippen molar-refractivity contribution in [2.45, 2.75) is 19.0 Å². The summed E-state index contributed by atoms with van der Waals surface area (Å²) in [5.74, 6) is -0.0841. The quantitative estimate of drug-likeness (QED) is 0.852. The summed E-state index contributed by atoms with van der Waals surface area (Å²) in [6, 6.07) is 11.5. The molecule has 2 atom stereocenters. The van der Waals surface area contributed by atoms with Gasteiger partial charge in [-0.3, -0.25) is 4.79 Å². The molecule has 1 saturated heterocycles. The SMILES string of the molecule is C[C@@H](NC(=O)c1cccc(Cl)c1)[C@H](c1cccs1)[NH+]1CCOCC1. The Kier molecular flexibility index (Phi) is 5.89. The Morgan fingerprint density at radius 1 is 1.29 bits per heavy atom. The Labute approximate surface area is 151 Å². The number of thiophene rings is 1. The van der Waals surface area contributed by atoms with Crippen LogP contribution in [-0.2, 0) is 4.74 Å². The Morgan fingerprint density at radius 3 is 2.75 bits per heavy atom. The zero-order valence-electron chi connectivity index (χ0n) is 13.6. The molecular weight excluding hydrogens is 344 g/mol. The minimum atomic E-state index is -0.0841. The van der Waals surface area contributed by atoms with Gasteiger partial charge in [0.25, 0.3) is 5.91 Å². The molecule has 1 fully saturated rings. The van der Waals surface area contributed by atoms with Crippen LogP contribution in [-0.4, -0.2) is 38.3 Å². The van der Waals surface area contributed by atoms with Gasteiger partial charge in [0, 0.05) is 10.6 Å². The van der Waals surface area contributed by atoms with E-state index in [1.165, 1.54) is 9.78 Å². The maximum atomic E-state index is 12.6. The molecule has 1 aromatic heterocycles. The predicted octanol–water partition coefficient (Wildman–Crippen LogP) is 2.18. The predicted molar refractivity (Wildman–Crippen MR) is 97.0 cm³/mol. The van der Waals surface area contributed by atoms with E-state index in [0.717, 1.165) is 26.3 Å². The van der Waals surface area contributed by atoms with E-state index >= 15 is 0 Å². The molecule has 24 heavy (non-hydrogen) atoms. The number of carbonyl (C=O) groups excluding carboxylic acids is 1. The van der Waals surface area contributed by atoms with Crippen LogP contribution >= 0.6 is 22.9 Å². The number of rotatable bonds is 5. The van der Waals surface area contributed by atoms with Crippen LogP contribution < -0.4 is 10.2 Å². The number of halogens is 1. The molecule has 0 saturated carbocycles. The van der Waals surface area contributed by atoms with Crippen molar-refractivity contribution in [1.82, 2.24) is 5.32 Å². The van der Waals surface area contributed by atoms with Crippen LogP contribution in [0.25, 0.3) is 0 Å². The third-order valence-corrected chi connectivity index (χ3v) is 5.56. The molecule has 6 heteroatoms. The van der Waals surface area contributed by atoms with E-state index < -0.39 is 0 Å². The first-order valence-electron chi connectivity index (χ1n) is 8.17. The number of quaternary nitrogens is 1. The zero-order chi connectivity index (χ0) is 16.9. The molecule has 1 amide bonds. The lowest BCUT2D eigenvalue weighted by atomic mass is 10.0. The molecular formula is C18H22ClN2O2S+. The van der Waals surface area contributed by atoms with Crippen molar-refractivity contribution in [3.8, 4) is 0 Å². The largest absolute Gasteiger partial charge is 0.370 e. The molecule has 0 unspecified atom stereocenters. The van der Waals surface area contributed by atoms with Crippen LogP contribution in [0.15, 0.2) is 41.8 Å². The van der Waals surface area contributed by atoms with Crippen molar-refractivity contribution in [1.29, 1.82) is 0 Å². The topological polar surface area (TPSA) is 42.8 Å². The molecule has 0 bridgehead atoms. The monoisotopic (exact) mass is 365 g/mol. The van der Waals surface area contributed by atoms with Gasteiger partial charge in [-0.05, 0) is 36.6 Å². The minimum absolute atomic E-state index is 0.0169. The van der Waals surface area contributed by atoms with E-state index in [1.807, 2.05) is 0 Å². The van der Waals surface area contributed by atoms with Gasteiger partial charge in [-0.1, -0.05) is 23.7 Å². The fraction of sp³-hybridized carbons (Fsp3) is 0.389. The van der Waals surface area contributed by atoms with Crippen LogP contribution in [0.1, 0.15) is 28.2 Å². The zero-order valence-corrected chi connectivity index (χ0v) is 15.2. The van der Waals surface area contributed by atoms with E-state index in [-0.39, 0.29) is 18.0 Å². The lowest BCUT2D eigenvalue weighted by molar-refractivity contribution is -0.939. The van der Waals surface area contributed by atoms with Crippen LogP contribution in [0.5, 0.6) is 0 Å². The van der Waals surface area contributed by atoms with Gasteiger partial charge in [-0.2, -0.15) is 0 Å². The highest BCUT2D eigenvalue weighted by molar-refractivity contribution is 7.10. The maximum Gasteiger partial charge on any atom is 0.251 e. The first kappa shape index (κ1) is 17.4. The van der Waals surface area contributed by atoms with Crippen molar-refractivity contribution >= 4 is 28.8 Å². The second-order valence-electron chi connectivity index (χ2n) is 6.04. The van der Waals surface area contributed by atoms with Crippen molar-refractivity contribution < 1.29 is 14.4 Å². The van der Waals surface area contributed by atoms with Crippen LogP contribution in [0, 0.1) is 0 Å². The number of benzene rings is 1. The summed E-state index contributed by atoms with van der Waals surface area (Å²) in [6.07, 6.45) is 0. The lowest BCUT2D eigenvalue weighted by Gasteiger charge is -2.34. The number of morpholine rings is 1. The minimum Gasteiger partial charge on any atom is -0.370 e. The molecule has 4 nitrogen and oxygen atoms in total. The number of hydrogen-bond donors (Lipinski definition) is 2. The highest BCUT2D eigenvalue weighted by atomic mass is 35.5. The van der Waals surface area contributed by atoms with E-state index in [9.17, 15) is 4.79 Å². The third-order valence-electron chi connectivity index (χ3n) is 4.37. The Morgan fingerprint density at radius 2 is 2.08 bits per heavy atom. The summed E-state index contributed by atoms with van der Waals surface area (Å²) >= 11 is 7.74. The Hall–Kier alpha value is -1.40. The fourth-order valence-electron chi connectivity index (χ4n) is 3.22. The van der Waals surface area contributed by atoms with Gasteiger partial charge in [0.2, 0.25) is 0 Å². The molecule has 1 aromatic carbocycles. The van der Waals surface area contributed by atoms with E-state index in [2.05, 4.69) is 29.8 Å². The Balaban J connectivity index is 1.75. The molecule has 0 radical (unpaired) electrons. The molecule has 2 heterocycles. The number of nitrogens with one attached hydrogen (secondary N) is 2. The second-order valence-corrected chi connectivity index (χ2v) is 7.45.